The minimum absolute atomic E-state index is 0.142. The van der Waals surface area contributed by atoms with Gasteiger partial charge >= 0.3 is 0 Å². The van der Waals surface area contributed by atoms with Gasteiger partial charge < -0.3 is 10.6 Å². The molecule has 0 fully saturated rings. The largest absolute Gasteiger partial charge is 0.323 e. The summed E-state index contributed by atoms with van der Waals surface area (Å²) in [6.07, 6.45) is 0. The third-order valence-corrected chi connectivity index (χ3v) is 3.86. The predicted molar refractivity (Wildman–Crippen MR) is 92.6 cm³/mol. The summed E-state index contributed by atoms with van der Waals surface area (Å²) in [6, 6.07) is 12.8. The quantitative estimate of drug-likeness (QED) is 0.848. The Morgan fingerprint density at radius 3 is 2.45 bits per heavy atom. The summed E-state index contributed by atoms with van der Waals surface area (Å²) < 4.78 is 0. The smallest absolute Gasteiger partial charge is 0.241 e. The Bertz CT molecular complexity index is 656. The molecule has 2 aromatic carbocycles. The van der Waals surface area contributed by atoms with Crippen molar-refractivity contribution in [2.24, 2.45) is 0 Å². The highest BCUT2D eigenvalue weighted by atomic mass is 35.5. The lowest BCUT2D eigenvalue weighted by atomic mass is 10.1. The van der Waals surface area contributed by atoms with Crippen LogP contribution in [0.15, 0.2) is 42.5 Å². The second-order valence-electron chi connectivity index (χ2n) is 5.20. The lowest BCUT2D eigenvalue weighted by Crippen LogP contribution is -2.37. The van der Waals surface area contributed by atoms with Crippen LogP contribution in [0.2, 0.25) is 10.0 Å². The average molecular weight is 337 g/mol. The molecule has 0 bridgehead atoms. The first-order valence-corrected chi connectivity index (χ1v) is 7.76. The van der Waals surface area contributed by atoms with E-state index in [0.717, 1.165) is 5.56 Å². The fourth-order valence-electron chi connectivity index (χ4n) is 1.90. The molecule has 0 aromatic heterocycles. The molecule has 2 rings (SSSR count). The minimum atomic E-state index is -0.340. The van der Waals surface area contributed by atoms with Gasteiger partial charge in [-0.3, -0.25) is 4.79 Å². The number of hydrogen-bond acceptors (Lipinski definition) is 2. The van der Waals surface area contributed by atoms with Gasteiger partial charge in [-0.05, 0) is 37.6 Å². The number of benzene rings is 2. The van der Waals surface area contributed by atoms with Crippen molar-refractivity contribution in [3.63, 3.8) is 0 Å². The molecule has 0 saturated heterocycles. The lowest BCUT2D eigenvalue weighted by Gasteiger charge is -2.15. The van der Waals surface area contributed by atoms with Crippen molar-refractivity contribution >= 4 is 34.8 Å². The number of rotatable bonds is 5. The molecule has 0 heterocycles. The van der Waals surface area contributed by atoms with Gasteiger partial charge in [-0.1, -0.05) is 53.0 Å². The molecule has 1 atom stereocenters. The summed E-state index contributed by atoms with van der Waals surface area (Å²) in [5, 5.41) is 6.94. The minimum Gasteiger partial charge on any atom is -0.323 e. The molecule has 0 unspecified atom stereocenters. The predicted octanol–water partition coefficient (Wildman–Crippen LogP) is 4.42. The van der Waals surface area contributed by atoms with Crippen molar-refractivity contribution in [1.82, 2.24) is 5.32 Å². The van der Waals surface area contributed by atoms with Gasteiger partial charge in [-0.2, -0.15) is 0 Å². The maximum atomic E-state index is 12.2. The number of aryl methyl sites for hydroxylation is 1. The van der Waals surface area contributed by atoms with E-state index in [1.54, 1.807) is 18.2 Å². The van der Waals surface area contributed by atoms with Crippen LogP contribution in [0.1, 0.15) is 18.1 Å². The molecule has 0 saturated carbocycles. The molecular weight excluding hydrogens is 319 g/mol. The van der Waals surface area contributed by atoms with Gasteiger partial charge in [0.05, 0.1) is 16.8 Å². The second kappa shape index (κ2) is 7.63. The number of nitrogens with one attached hydrogen (secondary N) is 2. The maximum absolute atomic E-state index is 12.2. The van der Waals surface area contributed by atoms with Crippen molar-refractivity contribution < 1.29 is 4.79 Å². The number of halogens is 2. The molecular formula is C17H18Cl2N2O. The summed E-state index contributed by atoms with van der Waals surface area (Å²) in [7, 11) is 0. The number of amides is 1. The zero-order chi connectivity index (χ0) is 16.1. The normalized spacial score (nSPS) is 12.0. The Balaban J connectivity index is 1.90. The van der Waals surface area contributed by atoms with Crippen molar-refractivity contribution in [3.8, 4) is 0 Å². The van der Waals surface area contributed by atoms with E-state index in [1.165, 1.54) is 5.56 Å². The van der Waals surface area contributed by atoms with E-state index in [-0.39, 0.29) is 11.9 Å². The summed E-state index contributed by atoms with van der Waals surface area (Å²) in [5.74, 6) is -0.142. The van der Waals surface area contributed by atoms with Crippen molar-refractivity contribution in [3.05, 3.63) is 63.6 Å². The number of carbonyl (C=O) groups is 1. The van der Waals surface area contributed by atoms with Gasteiger partial charge in [0.2, 0.25) is 5.91 Å². The van der Waals surface area contributed by atoms with Gasteiger partial charge in [0.15, 0.2) is 0 Å². The van der Waals surface area contributed by atoms with Crippen LogP contribution in [0.3, 0.4) is 0 Å². The summed E-state index contributed by atoms with van der Waals surface area (Å²) >= 11 is 11.9. The fraction of sp³-hybridized carbons (Fsp3) is 0.235. The van der Waals surface area contributed by atoms with Gasteiger partial charge in [-0.25, -0.2) is 0 Å². The van der Waals surface area contributed by atoms with Crippen LogP contribution in [0.5, 0.6) is 0 Å². The fourth-order valence-corrected chi connectivity index (χ4v) is 2.36. The van der Waals surface area contributed by atoms with Crippen LogP contribution in [-0.2, 0) is 11.3 Å². The molecule has 2 aromatic rings. The second-order valence-corrected chi connectivity index (χ2v) is 6.05. The Labute approximate surface area is 140 Å². The van der Waals surface area contributed by atoms with Crippen LogP contribution < -0.4 is 10.6 Å². The first kappa shape index (κ1) is 16.8. The Morgan fingerprint density at radius 1 is 1.14 bits per heavy atom. The topological polar surface area (TPSA) is 41.1 Å². The SMILES string of the molecule is Cc1ccc(CN[C@@H](C)C(=O)Nc2ccc(Cl)cc2Cl)cc1. The van der Waals surface area contributed by atoms with E-state index in [1.807, 2.05) is 26.0 Å². The van der Waals surface area contributed by atoms with Crippen LogP contribution >= 0.6 is 23.2 Å². The molecule has 1 amide bonds. The number of carbonyl (C=O) groups excluding carboxylic acids is 1. The van der Waals surface area contributed by atoms with E-state index in [0.29, 0.717) is 22.3 Å². The van der Waals surface area contributed by atoms with Crippen molar-refractivity contribution in [2.45, 2.75) is 26.4 Å². The van der Waals surface area contributed by atoms with E-state index >= 15 is 0 Å². The van der Waals surface area contributed by atoms with E-state index in [2.05, 4.69) is 22.8 Å². The van der Waals surface area contributed by atoms with Crippen LogP contribution in [0, 0.1) is 6.92 Å². The lowest BCUT2D eigenvalue weighted by molar-refractivity contribution is -0.117. The van der Waals surface area contributed by atoms with Gasteiger partial charge in [-0.15, -0.1) is 0 Å². The summed E-state index contributed by atoms with van der Waals surface area (Å²) in [6.45, 7) is 4.49. The van der Waals surface area contributed by atoms with Gasteiger partial charge in [0.1, 0.15) is 0 Å². The van der Waals surface area contributed by atoms with Crippen LogP contribution in [0.4, 0.5) is 5.69 Å². The van der Waals surface area contributed by atoms with Gasteiger partial charge in [0.25, 0.3) is 0 Å². The molecule has 22 heavy (non-hydrogen) atoms. The third-order valence-electron chi connectivity index (χ3n) is 3.32. The van der Waals surface area contributed by atoms with Crippen molar-refractivity contribution in [2.75, 3.05) is 5.32 Å². The Hall–Kier alpha value is -1.55. The van der Waals surface area contributed by atoms with Gasteiger partial charge in [0, 0.05) is 11.6 Å². The zero-order valence-electron chi connectivity index (χ0n) is 12.5. The summed E-state index contributed by atoms with van der Waals surface area (Å²) in [5.41, 5.74) is 2.90. The van der Waals surface area contributed by atoms with E-state index in [9.17, 15) is 4.79 Å². The highest BCUT2D eigenvalue weighted by molar-refractivity contribution is 6.36. The Morgan fingerprint density at radius 2 is 1.82 bits per heavy atom. The molecule has 0 aliphatic heterocycles. The van der Waals surface area contributed by atoms with Crippen LogP contribution in [-0.4, -0.2) is 11.9 Å². The molecule has 116 valence electrons. The molecule has 0 spiro atoms. The Kier molecular flexibility index (Phi) is 5.83. The average Bonchev–Trinajstić information content (AvgIpc) is 2.49. The molecule has 3 nitrogen and oxygen atoms in total. The molecule has 0 aliphatic rings. The van der Waals surface area contributed by atoms with Crippen molar-refractivity contribution in [1.29, 1.82) is 0 Å². The zero-order valence-corrected chi connectivity index (χ0v) is 14.0. The number of hydrogen-bond donors (Lipinski definition) is 2. The molecule has 0 radical (unpaired) electrons. The maximum Gasteiger partial charge on any atom is 0.241 e. The number of anilines is 1. The standard InChI is InChI=1S/C17H18Cl2N2O/c1-11-3-5-13(6-4-11)10-20-12(2)17(22)21-16-8-7-14(18)9-15(16)19/h3-9,12,20H,10H2,1-2H3,(H,21,22)/t12-/m0/s1. The molecule has 5 heteroatoms. The third kappa shape index (κ3) is 4.73. The molecule has 2 N–H and O–H groups in total. The first-order valence-electron chi connectivity index (χ1n) is 7.00. The first-order chi connectivity index (χ1) is 10.5. The molecule has 0 aliphatic carbocycles. The van der Waals surface area contributed by atoms with E-state index in [4.69, 9.17) is 23.2 Å². The summed E-state index contributed by atoms with van der Waals surface area (Å²) in [4.78, 5) is 12.2. The highest BCUT2D eigenvalue weighted by Crippen LogP contribution is 2.25. The monoisotopic (exact) mass is 336 g/mol. The highest BCUT2D eigenvalue weighted by Gasteiger charge is 2.13. The van der Waals surface area contributed by atoms with Crippen LogP contribution in [0.25, 0.3) is 0 Å². The van der Waals surface area contributed by atoms with E-state index < -0.39 is 0 Å².